The maximum Gasteiger partial charge on any atom is 0.586 e. The van der Waals surface area contributed by atoms with Gasteiger partial charge in [-0.15, -0.1) is 8.78 Å². The Morgan fingerprint density at radius 1 is 1.11 bits per heavy atom. The molecule has 0 saturated heterocycles. The smallest absolute Gasteiger partial charge is 0.492 e. The van der Waals surface area contributed by atoms with Crippen LogP contribution in [-0.2, 0) is 16.4 Å². The highest BCUT2D eigenvalue weighted by molar-refractivity contribution is 6.01. The number of ether oxygens (including phenoxy) is 3. The van der Waals surface area contributed by atoms with Gasteiger partial charge in [-0.1, -0.05) is 0 Å². The van der Waals surface area contributed by atoms with E-state index in [2.05, 4.69) is 19.8 Å². The Kier molecular flexibility index (Phi) is 5.14. The molecule has 1 atom stereocenters. The summed E-state index contributed by atoms with van der Waals surface area (Å²) in [4.78, 5) is 28.6. The van der Waals surface area contributed by atoms with Crippen LogP contribution in [0.5, 0.6) is 17.2 Å². The predicted octanol–water partition coefficient (Wildman–Crippen LogP) is 4.51. The van der Waals surface area contributed by atoms with E-state index in [9.17, 15) is 36.6 Å². The van der Waals surface area contributed by atoms with Crippen molar-refractivity contribution in [1.29, 1.82) is 0 Å². The molecule has 0 aliphatic carbocycles. The van der Waals surface area contributed by atoms with Gasteiger partial charge in [-0.25, -0.2) is 9.78 Å². The Labute approximate surface area is 204 Å². The summed E-state index contributed by atoms with van der Waals surface area (Å²) in [7, 11) is 0. The number of benzene rings is 2. The van der Waals surface area contributed by atoms with Crippen molar-refractivity contribution < 1.29 is 50.9 Å². The molecule has 37 heavy (non-hydrogen) atoms. The number of aromatic nitrogens is 2. The van der Waals surface area contributed by atoms with Gasteiger partial charge in [0.15, 0.2) is 17.2 Å². The first-order chi connectivity index (χ1) is 17.2. The van der Waals surface area contributed by atoms with Crippen molar-refractivity contribution in [3.63, 3.8) is 0 Å². The molecule has 2 aliphatic rings. The molecule has 2 N–H and O–H groups in total. The fourth-order valence-corrected chi connectivity index (χ4v) is 4.16. The Hall–Kier alpha value is -4.36. The number of carbonyl (C=O) groups excluding carboxylic acids is 1. The molecule has 5 rings (SSSR count). The third-order valence-corrected chi connectivity index (χ3v) is 6.16. The molecule has 2 aliphatic heterocycles. The van der Waals surface area contributed by atoms with E-state index in [1.807, 2.05) is 0 Å². The van der Waals surface area contributed by atoms with Crippen LogP contribution < -0.4 is 19.5 Å². The summed E-state index contributed by atoms with van der Waals surface area (Å²) >= 11 is 0. The number of rotatable bonds is 4. The van der Waals surface area contributed by atoms with Crippen LogP contribution in [0.15, 0.2) is 36.7 Å². The second-order valence-electron chi connectivity index (χ2n) is 8.62. The summed E-state index contributed by atoms with van der Waals surface area (Å²) in [5.41, 5.74) is -2.92. The van der Waals surface area contributed by atoms with Gasteiger partial charge in [0.05, 0.1) is 22.6 Å². The van der Waals surface area contributed by atoms with Crippen LogP contribution in [0, 0.1) is 6.92 Å². The zero-order chi connectivity index (χ0) is 26.9. The number of aromatic carboxylic acids is 1. The molecule has 1 aromatic heterocycles. The van der Waals surface area contributed by atoms with Gasteiger partial charge in [-0.2, -0.15) is 13.2 Å². The van der Waals surface area contributed by atoms with Crippen LogP contribution in [0.25, 0.3) is 5.69 Å². The van der Waals surface area contributed by atoms with Gasteiger partial charge in [-0.3, -0.25) is 4.79 Å². The Morgan fingerprint density at radius 2 is 1.78 bits per heavy atom. The number of hydrogen-bond donors (Lipinski definition) is 2. The van der Waals surface area contributed by atoms with Crippen molar-refractivity contribution in [3.05, 3.63) is 59.2 Å². The van der Waals surface area contributed by atoms with E-state index in [0.717, 1.165) is 30.6 Å². The van der Waals surface area contributed by atoms with Crippen LogP contribution in [0.4, 0.5) is 27.6 Å². The minimum Gasteiger partial charge on any atom is -0.492 e. The van der Waals surface area contributed by atoms with E-state index in [-0.39, 0.29) is 52.2 Å². The van der Waals surface area contributed by atoms with Crippen LogP contribution in [0.1, 0.15) is 34.2 Å². The van der Waals surface area contributed by atoms with E-state index in [0.29, 0.717) is 6.07 Å². The Morgan fingerprint density at radius 3 is 2.41 bits per heavy atom. The molecule has 1 amide bonds. The fraction of sp³-hybridized carbons (Fsp3) is 0.261. The molecule has 0 saturated carbocycles. The van der Waals surface area contributed by atoms with Gasteiger partial charge in [0, 0.05) is 11.6 Å². The van der Waals surface area contributed by atoms with Crippen LogP contribution >= 0.6 is 0 Å². The number of carboxylic acids is 1. The molecule has 1 unspecified atom stereocenters. The van der Waals surface area contributed by atoms with Gasteiger partial charge in [0.1, 0.15) is 24.1 Å². The van der Waals surface area contributed by atoms with E-state index < -0.39 is 35.3 Å². The van der Waals surface area contributed by atoms with Crippen LogP contribution in [0.2, 0.25) is 0 Å². The molecular formula is C23H16F5N3O6. The van der Waals surface area contributed by atoms with Crippen molar-refractivity contribution >= 4 is 17.6 Å². The lowest BCUT2D eigenvalue weighted by Crippen LogP contribution is -2.39. The van der Waals surface area contributed by atoms with Crippen LogP contribution in [0.3, 0.4) is 0 Å². The maximum absolute atomic E-state index is 13.5. The SMILES string of the molecule is Cc1c(C(=O)O)ncn1-c1ccc(C(F)(F)F)cc1NC(=O)C1(C)COc2cc3c(cc21)OC(F)(F)O3. The highest BCUT2D eigenvalue weighted by Gasteiger charge is 2.49. The number of carbonyl (C=O) groups is 2. The van der Waals surface area contributed by atoms with Gasteiger partial charge >= 0.3 is 18.4 Å². The Balaban J connectivity index is 1.55. The largest absolute Gasteiger partial charge is 0.586 e. The number of nitrogens with one attached hydrogen (secondary N) is 1. The number of carboxylic acid groups (broad SMARTS) is 1. The molecule has 3 aromatic rings. The van der Waals surface area contributed by atoms with Crippen molar-refractivity contribution in [3.8, 4) is 22.9 Å². The lowest BCUT2D eigenvalue weighted by atomic mass is 9.83. The quantitative estimate of drug-likeness (QED) is 0.482. The number of hydrogen-bond acceptors (Lipinski definition) is 6. The third-order valence-electron chi connectivity index (χ3n) is 6.16. The zero-order valence-corrected chi connectivity index (χ0v) is 18.9. The molecular weight excluding hydrogens is 509 g/mol. The van der Waals surface area contributed by atoms with Gasteiger partial charge in [0.25, 0.3) is 0 Å². The van der Waals surface area contributed by atoms with Crippen molar-refractivity contribution in [2.24, 2.45) is 0 Å². The minimum atomic E-state index is -4.75. The number of anilines is 1. The second-order valence-corrected chi connectivity index (χ2v) is 8.62. The molecule has 194 valence electrons. The first kappa shape index (κ1) is 24.3. The average Bonchev–Trinajstić information content (AvgIpc) is 3.43. The van der Waals surface area contributed by atoms with E-state index in [4.69, 9.17) is 4.74 Å². The Bertz CT molecular complexity index is 1470. The fourth-order valence-electron chi connectivity index (χ4n) is 4.16. The molecule has 2 aromatic carbocycles. The highest BCUT2D eigenvalue weighted by atomic mass is 19.4. The van der Waals surface area contributed by atoms with E-state index in [1.165, 1.54) is 18.4 Å². The monoisotopic (exact) mass is 525 g/mol. The number of nitrogens with zero attached hydrogens (tertiary/aromatic N) is 2. The number of amides is 1. The molecule has 14 heteroatoms. The van der Waals surface area contributed by atoms with Crippen molar-refractivity contribution in [2.75, 3.05) is 11.9 Å². The van der Waals surface area contributed by atoms with Gasteiger partial charge in [0.2, 0.25) is 5.91 Å². The maximum atomic E-state index is 13.5. The molecule has 0 spiro atoms. The zero-order valence-electron chi connectivity index (χ0n) is 18.9. The number of alkyl halides is 5. The highest BCUT2D eigenvalue weighted by Crippen LogP contribution is 2.50. The summed E-state index contributed by atoms with van der Waals surface area (Å²) in [6, 6.07) is 4.85. The lowest BCUT2D eigenvalue weighted by Gasteiger charge is -2.24. The summed E-state index contributed by atoms with van der Waals surface area (Å²) in [6.45, 7) is 2.57. The predicted molar refractivity (Wildman–Crippen MR) is 114 cm³/mol. The first-order valence-corrected chi connectivity index (χ1v) is 10.6. The molecule has 3 heterocycles. The topological polar surface area (TPSA) is 112 Å². The summed E-state index contributed by atoms with van der Waals surface area (Å²) in [5.74, 6) is -2.71. The molecule has 9 nitrogen and oxygen atoms in total. The van der Waals surface area contributed by atoms with Crippen molar-refractivity contribution in [2.45, 2.75) is 31.7 Å². The van der Waals surface area contributed by atoms with E-state index in [1.54, 1.807) is 0 Å². The number of fused-ring (bicyclic) bond motifs is 2. The molecule has 0 radical (unpaired) electrons. The summed E-state index contributed by atoms with van der Waals surface area (Å²) < 4.78 is 83.0. The number of imidazole rings is 1. The minimum absolute atomic E-state index is 0.0203. The molecule has 0 bridgehead atoms. The second kappa shape index (κ2) is 7.82. The summed E-state index contributed by atoms with van der Waals surface area (Å²) in [5, 5.41) is 11.7. The first-order valence-electron chi connectivity index (χ1n) is 10.6. The normalized spacial score (nSPS) is 19.3. The third kappa shape index (κ3) is 3.97. The van der Waals surface area contributed by atoms with Crippen molar-refractivity contribution in [1.82, 2.24) is 9.55 Å². The van der Waals surface area contributed by atoms with E-state index >= 15 is 0 Å². The lowest BCUT2D eigenvalue weighted by molar-refractivity contribution is -0.286. The standard InChI is InChI=1S/C23H16F5N3O6/c1-10-18(19(32)33)29-9-31(10)14-4-3-11(22(24,25)26)5-13(14)30-20(34)21(2)8-35-15-7-17-16(6-12(15)21)36-23(27,28)37-17/h3-7,9H,8H2,1-2H3,(H,30,34)(H,32,33). The summed E-state index contributed by atoms with van der Waals surface area (Å²) in [6.07, 6.45) is -7.54. The average molecular weight is 525 g/mol. The van der Waals surface area contributed by atoms with Gasteiger partial charge < -0.3 is 29.2 Å². The molecule has 0 fully saturated rings. The van der Waals surface area contributed by atoms with Gasteiger partial charge in [-0.05, 0) is 38.1 Å². The number of halogens is 5. The van der Waals surface area contributed by atoms with Crippen LogP contribution in [-0.4, -0.2) is 39.4 Å².